The Labute approximate surface area is 69.3 Å². The van der Waals surface area contributed by atoms with Crippen LogP contribution < -0.4 is 0 Å². The molecule has 0 aromatic rings. The summed E-state index contributed by atoms with van der Waals surface area (Å²) in [6.07, 6.45) is 0. The minimum Gasteiger partial charge on any atom is -0.156 e. The molecule has 0 saturated carbocycles. The van der Waals surface area contributed by atoms with E-state index in [9.17, 15) is 0 Å². The fourth-order valence-corrected chi connectivity index (χ4v) is 2.09. The lowest BCUT2D eigenvalue weighted by molar-refractivity contribution is 0.743. The molecular formula is C8H15ClSi. The van der Waals surface area contributed by atoms with Crippen molar-refractivity contribution in [3.8, 4) is 0 Å². The minimum atomic E-state index is -1.90. The van der Waals surface area contributed by atoms with Crippen molar-refractivity contribution < 1.29 is 0 Å². The van der Waals surface area contributed by atoms with Crippen LogP contribution in [-0.2, 0) is 0 Å². The van der Waals surface area contributed by atoms with Crippen LogP contribution in [0.4, 0.5) is 0 Å². The third-order valence-electron chi connectivity index (χ3n) is 1.74. The average molecular weight is 175 g/mol. The van der Waals surface area contributed by atoms with Gasteiger partial charge in [0.25, 0.3) is 0 Å². The topological polar surface area (TPSA) is 0 Å². The summed E-state index contributed by atoms with van der Waals surface area (Å²) in [4.78, 5) is 0. The molecule has 0 aliphatic carbocycles. The summed E-state index contributed by atoms with van der Waals surface area (Å²) in [5.74, 6) is 0. The number of rotatable bonds is 2. The van der Waals surface area contributed by atoms with E-state index >= 15 is 0 Å². The van der Waals surface area contributed by atoms with E-state index in [0.717, 1.165) is 0 Å². The van der Waals surface area contributed by atoms with Gasteiger partial charge in [0.1, 0.15) is 0 Å². The molecule has 0 saturated heterocycles. The first-order chi connectivity index (χ1) is 4.37. The summed E-state index contributed by atoms with van der Waals surface area (Å²) in [5, 5.41) is 0.123. The van der Waals surface area contributed by atoms with E-state index in [2.05, 4.69) is 33.9 Å². The monoisotopic (exact) mass is 174 g/mol. The predicted octanol–water partition coefficient (Wildman–Crippen LogP) is 3.42. The maximum absolute atomic E-state index is 6.29. The quantitative estimate of drug-likeness (QED) is 0.445. The van der Waals surface area contributed by atoms with E-state index in [1.165, 1.54) is 0 Å². The Hall–Kier alpha value is -0.0131. The lowest BCUT2D eigenvalue weighted by Crippen LogP contribution is -2.33. The molecule has 0 aromatic heterocycles. The highest BCUT2D eigenvalue weighted by atomic mass is 35.6. The molecule has 0 aromatic carbocycles. The molecule has 0 spiro atoms. The second kappa shape index (κ2) is 2.93. The van der Waals surface area contributed by atoms with Gasteiger partial charge < -0.3 is 0 Å². The average Bonchev–Trinajstić information content (AvgIpc) is 1.84. The van der Waals surface area contributed by atoms with Gasteiger partial charge in [0.05, 0.1) is 0 Å². The van der Waals surface area contributed by atoms with Crippen molar-refractivity contribution in [2.45, 2.75) is 25.8 Å². The predicted molar refractivity (Wildman–Crippen MR) is 51.7 cm³/mol. The smallest absolute Gasteiger partial charge is 0.156 e. The van der Waals surface area contributed by atoms with Gasteiger partial charge in [0, 0.05) is 0 Å². The Kier molecular flexibility index (Phi) is 2.93. The molecule has 0 rings (SSSR count). The summed E-state index contributed by atoms with van der Waals surface area (Å²) < 4.78 is 0. The van der Waals surface area contributed by atoms with Crippen LogP contribution in [0.25, 0.3) is 0 Å². The van der Waals surface area contributed by atoms with Gasteiger partial charge in [0.15, 0.2) is 0 Å². The van der Waals surface area contributed by atoms with Gasteiger partial charge in [-0.2, -0.15) is 11.1 Å². The van der Waals surface area contributed by atoms with Crippen LogP contribution in [0.3, 0.4) is 0 Å². The van der Waals surface area contributed by atoms with Crippen LogP contribution in [0.1, 0.15) is 20.8 Å². The second-order valence-electron chi connectivity index (χ2n) is 3.43. The molecular weight excluding hydrogens is 160 g/mol. The maximum Gasteiger partial charge on any atom is 0.207 e. The molecule has 0 atom stereocenters. The van der Waals surface area contributed by atoms with Crippen LogP contribution in [0.15, 0.2) is 24.6 Å². The molecule has 0 radical (unpaired) electrons. The normalized spacial score (nSPS) is 12.8. The standard InChI is InChI=1S/C8H15ClSi/c1-6-10(9,7-2)8(3,4)5/h6-7H,1-2H2,3-5H3. The van der Waals surface area contributed by atoms with Crippen molar-refractivity contribution in [3.63, 3.8) is 0 Å². The van der Waals surface area contributed by atoms with Crippen LogP contribution in [-0.4, -0.2) is 7.38 Å². The van der Waals surface area contributed by atoms with Crippen molar-refractivity contribution in [1.29, 1.82) is 0 Å². The first-order valence-corrected chi connectivity index (χ1v) is 6.50. The molecule has 2 heteroatoms. The molecule has 0 fully saturated rings. The van der Waals surface area contributed by atoms with Gasteiger partial charge in [-0.05, 0) is 5.04 Å². The van der Waals surface area contributed by atoms with Crippen LogP contribution in [0.2, 0.25) is 5.04 Å². The minimum absolute atomic E-state index is 0.123. The van der Waals surface area contributed by atoms with Crippen molar-refractivity contribution >= 4 is 18.5 Å². The summed E-state index contributed by atoms with van der Waals surface area (Å²) in [5.41, 5.74) is 3.73. The maximum atomic E-state index is 6.29. The van der Waals surface area contributed by atoms with Gasteiger partial charge in [-0.25, -0.2) is 0 Å². The molecule has 0 N–H and O–H groups in total. The van der Waals surface area contributed by atoms with Gasteiger partial charge in [0.2, 0.25) is 7.38 Å². The van der Waals surface area contributed by atoms with Crippen molar-refractivity contribution in [2.24, 2.45) is 0 Å². The zero-order valence-electron chi connectivity index (χ0n) is 6.95. The zero-order valence-corrected chi connectivity index (χ0v) is 8.70. The molecule has 0 unspecified atom stereocenters. The third kappa shape index (κ3) is 1.74. The SMILES string of the molecule is C=C[Si](Cl)(C=C)C(C)(C)C. The van der Waals surface area contributed by atoms with Gasteiger partial charge in [-0.1, -0.05) is 32.2 Å². The van der Waals surface area contributed by atoms with E-state index < -0.39 is 7.38 Å². The lowest BCUT2D eigenvalue weighted by Gasteiger charge is -2.31. The summed E-state index contributed by atoms with van der Waals surface area (Å²) in [6, 6.07) is 0. The highest BCUT2D eigenvalue weighted by Crippen LogP contribution is 2.40. The summed E-state index contributed by atoms with van der Waals surface area (Å²) >= 11 is 6.29. The van der Waals surface area contributed by atoms with E-state index in [1.807, 2.05) is 11.4 Å². The first kappa shape index (κ1) is 9.99. The van der Waals surface area contributed by atoms with Crippen molar-refractivity contribution in [3.05, 3.63) is 24.6 Å². The Morgan fingerprint density at radius 2 is 1.50 bits per heavy atom. The number of halogens is 1. The molecule has 0 nitrogen and oxygen atoms in total. The van der Waals surface area contributed by atoms with Crippen LogP contribution >= 0.6 is 11.1 Å². The molecule has 0 heterocycles. The van der Waals surface area contributed by atoms with Crippen molar-refractivity contribution in [2.75, 3.05) is 0 Å². The highest BCUT2D eigenvalue weighted by molar-refractivity contribution is 7.27. The summed E-state index contributed by atoms with van der Waals surface area (Å²) in [7, 11) is -1.90. The lowest BCUT2D eigenvalue weighted by atomic mass is 10.2. The second-order valence-corrected chi connectivity index (χ2v) is 9.16. The van der Waals surface area contributed by atoms with Crippen LogP contribution in [0, 0.1) is 0 Å². The third-order valence-corrected chi connectivity index (χ3v) is 7.86. The number of hydrogen-bond acceptors (Lipinski definition) is 0. The fraction of sp³-hybridized carbons (Fsp3) is 0.500. The molecule has 0 amide bonds. The largest absolute Gasteiger partial charge is 0.207 e. The summed E-state index contributed by atoms with van der Waals surface area (Å²) in [6.45, 7) is 13.8. The Morgan fingerprint density at radius 1 is 1.20 bits per heavy atom. The van der Waals surface area contributed by atoms with E-state index in [0.29, 0.717) is 0 Å². The Bertz CT molecular complexity index is 136. The Balaban J connectivity index is 4.65. The molecule has 0 aliphatic heterocycles. The number of hydrogen-bond donors (Lipinski definition) is 0. The van der Waals surface area contributed by atoms with Gasteiger partial charge in [-0.3, -0.25) is 0 Å². The zero-order chi connectivity index (χ0) is 8.41. The van der Waals surface area contributed by atoms with Gasteiger partial charge >= 0.3 is 0 Å². The van der Waals surface area contributed by atoms with Crippen LogP contribution in [0.5, 0.6) is 0 Å². The molecule has 0 bridgehead atoms. The molecule has 0 aliphatic rings. The molecule has 58 valence electrons. The molecule has 10 heavy (non-hydrogen) atoms. The van der Waals surface area contributed by atoms with Gasteiger partial charge in [-0.15, -0.1) is 13.2 Å². The fourth-order valence-electron chi connectivity index (χ4n) is 0.696. The Morgan fingerprint density at radius 3 is 1.50 bits per heavy atom. The highest BCUT2D eigenvalue weighted by Gasteiger charge is 2.37. The van der Waals surface area contributed by atoms with E-state index in [4.69, 9.17) is 11.1 Å². The van der Waals surface area contributed by atoms with E-state index in [1.54, 1.807) is 0 Å². The van der Waals surface area contributed by atoms with E-state index in [-0.39, 0.29) is 5.04 Å². The van der Waals surface area contributed by atoms with Crippen molar-refractivity contribution in [1.82, 2.24) is 0 Å². The first-order valence-electron chi connectivity index (χ1n) is 3.33.